The van der Waals surface area contributed by atoms with Gasteiger partial charge in [0.25, 0.3) is 0 Å². The fourth-order valence-corrected chi connectivity index (χ4v) is 5.89. The molecule has 0 bridgehead atoms. The van der Waals surface area contributed by atoms with Crippen LogP contribution in [0.1, 0.15) is 194 Å². The van der Waals surface area contributed by atoms with E-state index >= 15 is 0 Å². The molecule has 5 nitrogen and oxygen atoms in total. The minimum atomic E-state index is -0.486. The number of allylic oxidation sites excluding steroid dienone is 4. The number of carbonyl (C=O) groups is 2. The van der Waals surface area contributed by atoms with E-state index < -0.39 is 6.04 Å². The van der Waals surface area contributed by atoms with Gasteiger partial charge in [0.05, 0.1) is 0 Å². The molecule has 0 rings (SSSR count). The largest absolute Gasteiger partial charge is 0.354 e. The van der Waals surface area contributed by atoms with Gasteiger partial charge < -0.3 is 15.5 Å². The number of nitrogens with one attached hydrogen (secondary N) is 2. The first kappa shape index (κ1) is 44.4. The Morgan fingerprint density at radius 2 is 0.891 bits per heavy atom. The maximum atomic E-state index is 12.8. The van der Waals surface area contributed by atoms with Crippen molar-refractivity contribution < 1.29 is 9.59 Å². The summed E-state index contributed by atoms with van der Waals surface area (Å²) in [6.45, 7) is 5.76. The summed E-state index contributed by atoms with van der Waals surface area (Å²) in [4.78, 5) is 27.4. The zero-order valence-electron chi connectivity index (χ0n) is 31.4. The van der Waals surface area contributed by atoms with Gasteiger partial charge in [0, 0.05) is 19.5 Å². The first-order valence-corrected chi connectivity index (χ1v) is 20.0. The van der Waals surface area contributed by atoms with E-state index in [4.69, 9.17) is 0 Å². The summed E-state index contributed by atoms with van der Waals surface area (Å²) in [5.41, 5.74) is 0. The summed E-state index contributed by atoms with van der Waals surface area (Å²) in [5, 5.41) is 6.07. The number of nitrogens with zero attached hydrogens (tertiary/aromatic N) is 1. The minimum absolute atomic E-state index is 0.00289. The summed E-state index contributed by atoms with van der Waals surface area (Å²) in [7, 11) is 3.89. The molecule has 0 aliphatic carbocycles. The summed E-state index contributed by atoms with van der Waals surface area (Å²) in [5.74, 6) is -0.0591. The SMILES string of the molecule is CCCCCCCC/C=C\CCCCCCCCNC(=O)C(CN(C)C)NC(=O)CCCCCCC/C=C\CCCCCCCC. The quantitative estimate of drug-likeness (QED) is 0.0532. The minimum Gasteiger partial charge on any atom is -0.354 e. The Balaban J connectivity index is 3.79. The number of hydrogen-bond acceptors (Lipinski definition) is 3. The molecular weight excluding hydrogens is 566 g/mol. The van der Waals surface area contributed by atoms with Crippen molar-refractivity contribution in [1.82, 2.24) is 15.5 Å². The van der Waals surface area contributed by atoms with Crippen LogP contribution in [0.5, 0.6) is 0 Å². The maximum absolute atomic E-state index is 12.8. The second kappa shape index (κ2) is 36.2. The molecule has 0 heterocycles. The Bertz CT molecular complexity index is 718. The average molecular weight is 646 g/mol. The highest BCUT2D eigenvalue weighted by Gasteiger charge is 2.20. The molecule has 1 atom stereocenters. The van der Waals surface area contributed by atoms with Crippen LogP contribution in [0.2, 0.25) is 0 Å². The molecule has 0 saturated heterocycles. The molecule has 270 valence electrons. The number of amides is 2. The van der Waals surface area contributed by atoms with Crippen LogP contribution in [-0.4, -0.2) is 49.9 Å². The van der Waals surface area contributed by atoms with Crippen LogP contribution in [-0.2, 0) is 9.59 Å². The summed E-state index contributed by atoms with van der Waals surface area (Å²) in [6.07, 6.45) is 44.1. The second-order valence-corrected chi connectivity index (χ2v) is 13.9. The van der Waals surface area contributed by atoms with Gasteiger partial charge >= 0.3 is 0 Å². The number of hydrogen-bond donors (Lipinski definition) is 2. The highest BCUT2D eigenvalue weighted by Crippen LogP contribution is 2.11. The molecular formula is C41H79N3O2. The molecule has 0 saturated carbocycles. The van der Waals surface area contributed by atoms with Crippen LogP contribution in [0.25, 0.3) is 0 Å². The van der Waals surface area contributed by atoms with Crippen LogP contribution >= 0.6 is 0 Å². The topological polar surface area (TPSA) is 61.4 Å². The van der Waals surface area contributed by atoms with Gasteiger partial charge in [0.15, 0.2) is 0 Å². The van der Waals surface area contributed by atoms with Crippen molar-refractivity contribution in [2.24, 2.45) is 0 Å². The number of carbonyl (C=O) groups excluding carboxylic acids is 2. The van der Waals surface area contributed by atoms with Gasteiger partial charge in [-0.05, 0) is 78.3 Å². The van der Waals surface area contributed by atoms with Crippen molar-refractivity contribution in [1.29, 1.82) is 0 Å². The normalized spacial score (nSPS) is 12.5. The third-order valence-electron chi connectivity index (χ3n) is 8.85. The third-order valence-corrected chi connectivity index (χ3v) is 8.85. The summed E-state index contributed by atoms with van der Waals surface area (Å²) >= 11 is 0. The molecule has 0 aliphatic heterocycles. The third kappa shape index (κ3) is 33.7. The Morgan fingerprint density at radius 3 is 1.30 bits per heavy atom. The molecule has 2 amide bonds. The van der Waals surface area contributed by atoms with Crippen LogP contribution < -0.4 is 10.6 Å². The van der Waals surface area contributed by atoms with Gasteiger partial charge in [-0.2, -0.15) is 0 Å². The van der Waals surface area contributed by atoms with Gasteiger partial charge in [-0.3, -0.25) is 9.59 Å². The standard InChI is InChI=1S/C41H79N3O2/c1-5-7-9-11-13-15-17-19-21-23-25-27-29-31-33-35-37-42-41(46)39(38-44(3)4)43-40(45)36-34-32-30-28-26-24-22-20-18-16-14-12-10-8-6-2/h19-22,39H,5-18,23-38H2,1-4H3,(H,42,46)(H,43,45)/b21-19-,22-20-. The lowest BCUT2D eigenvalue weighted by Crippen LogP contribution is -2.51. The van der Waals surface area contributed by atoms with Crippen LogP contribution in [0, 0.1) is 0 Å². The van der Waals surface area contributed by atoms with E-state index in [0.29, 0.717) is 19.5 Å². The lowest BCUT2D eigenvalue weighted by Gasteiger charge is -2.22. The van der Waals surface area contributed by atoms with E-state index in [0.717, 1.165) is 25.7 Å². The average Bonchev–Trinajstić information content (AvgIpc) is 3.03. The van der Waals surface area contributed by atoms with Gasteiger partial charge in [-0.15, -0.1) is 0 Å². The maximum Gasteiger partial charge on any atom is 0.243 e. The zero-order chi connectivity index (χ0) is 33.8. The van der Waals surface area contributed by atoms with Crippen molar-refractivity contribution in [2.75, 3.05) is 27.2 Å². The Labute approximate surface area is 287 Å². The van der Waals surface area contributed by atoms with Gasteiger partial charge in [-0.1, -0.05) is 147 Å². The van der Waals surface area contributed by atoms with E-state index in [-0.39, 0.29) is 11.8 Å². The zero-order valence-corrected chi connectivity index (χ0v) is 31.4. The molecule has 46 heavy (non-hydrogen) atoms. The van der Waals surface area contributed by atoms with Crippen molar-refractivity contribution in [2.45, 2.75) is 200 Å². The van der Waals surface area contributed by atoms with E-state index in [1.54, 1.807) is 0 Å². The van der Waals surface area contributed by atoms with Gasteiger partial charge in [-0.25, -0.2) is 0 Å². The van der Waals surface area contributed by atoms with E-state index in [1.165, 1.54) is 148 Å². The smallest absolute Gasteiger partial charge is 0.243 e. The molecule has 0 aromatic rings. The highest BCUT2D eigenvalue weighted by atomic mass is 16.2. The van der Waals surface area contributed by atoms with E-state index in [2.05, 4.69) is 48.8 Å². The fraction of sp³-hybridized carbons (Fsp3) is 0.854. The molecule has 0 aliphatic rings. The summed E-state index contributed by atoms with van der Waals surface area (Å²) in [6, 6.07) is -0.486. The molecule has 0 aromatic heterocycles. The Hall–Kier alpha value is -1.62. The van der Waals surface area contributed by atoms with Crippen molar-refractivity contribution in [3.05, 3.63) is 24.3 Å². The summed E-state index contributed by atoms with van der Waals surface area (Å²) < 4.78 is 0. The van der Waals surface area contributed by atoms with E-state index in [1.807, 2.05) is 19.0 Å². The molecule has 0 aromatic carbocycles. The molecule has 0 fully saturated rings. The van der Waals surface area contributed by atoms with Crippen LogP contribution in [0.3, 0.4) is 0 Å². The van der Waals surface area contributed by atoms with Crippen molar-refractivity contribution in [3.63, 3.8) is 0 Å². The van der Waals surface area contributed by atoms with Gasteiger partial charge in [0.2, 0.25) is 11.8 Å². The van der Waals surface area contributed by atoms with E-state index in [9.17, 15) is 9.59 Å². The van der Waals surface area contributed by atoms with Crippen molar-refractivity contribution >= 4 is 11.8 Å². The molecule has 0 radical (unpaired) electrons. The van der Waals surface area contributed by atoms with Crippen molar-refractivity contribution in [3.8, 4) is 0 Å². The Kier molecular flexibility index (Phi) is 34.9. The lowest BCUT2D eigenvalue weighted by molar-refractivity contribution is -0.129. The molecule has 0 spiro atoms. The number of likely N-dealkylation sites (N-methyl/N-ethyl adjacent to an activating group) is 1. The van der Waals surface area contributed by atoms with Crippen LogP contribution in [0.15, 0.2) is 24.3 Å². The van der Waals surface area contributed by atoms with Crippen LogP contribution in [0.4, 0.5) is 0 Å². The predicted molar refractivity (Wildman–Crippen MR) is 202 cm³/mol. The first-order valence-electron chi connectivity index (χ1n) is 20.0. The monoisotopic (exact) mass is 646 g/mol. The fourth-order valence-electron chi connectivity index (χ4n) is 5.89. The predicted octanol–water partition coefficient (Wildman–Crippen LogP) is 11.2. The first-order chi connectivity index (χ1) is 22.5. The Morgan fingerprint density at radius 1 is 0.522 bits per heavy atom. The lowest BCUT2D eigenvalue weighted by atomic mass is 10.1. The molecule has 5 heteroatoms. The van der Waals surface area contributed by atoms with Gasteiger partial charge in [0.1, 0.15) is 6.04 Å². The number of rotatable bonds is 35. The number of unbranched alkanes of at least 4 members (excludes halogenated alkanes) is 23. The second-order valence-electron chi connectivity index (χ2n) is 13.9. The highest BCUT2D eigenvalue weighted by molar-refractivity contribution is 5.87. The molecule has 1 unspecified atom stereocenters. The molecule has 2 N–H and O–H groups in total.